The van der Waals surface area contributed by atoms with Gasteiger partial charge in [0.2, 0.25) is 0 Å². The summed E-state index contributed by atoms with van der Waals surface area (Å²) in [5.41, 5.74) is 1.48. The van der Waals surface area contributed by atoms with Gasteiger partial charge in [0.1, 0.15) is 17.4 Å². The van der Waals surface area contributed by atoms with Gasteiger partial charge in [-0.25, -0.2) is 0 Å². The SMILES string of the molecule is CCOc1ccc(/C=C(\C#N)C(=O)Nc2ccc([N+](=O)[O-])cc2C)cc1. The summed E-state index contributed by atoms with van der Waals surface area (Å²) >= 11 is 0. The molecule has 0 aliphatic rings. The van der Waals surface area contributed by atoms with Crippen molar-refractivity contribution in [1.29, 1.82) is 5.26 Å². The van der Waals surface area contributed by atoms with Gasteiger partial charge in [-0.2, -0.15) is 5.26 Å². The van der Waals surface area contributed by atoms with E-state index >= 15 is 0 Å². The number of ether oxygens (including phenoxy) is 1. The zero-order valence-corrected chi connectivity index (χ0v) is 14.4. The van der Waals surface area contributed by atoms with Gasteiger partial charge in [0.05, 0.1) is 11.5 Å². The van der Waals surface area contributed by atoms with Crippen LogP contribution in [0, 0.1) is 28.4 Å². The molecule has 2 aromatic carbocycles. The quantitative estimate of drug-likeness (QED) is 0.368. The number of nitro groups is 1. The van der Waals surface area contributed by atoms with Crippen molar-refractivity contribution in [2.45, 2.75) is 13.8 Å². The number of aryl methyl sites for hydroxylation is 1. The summed E-state index contributed by atoms with van der Waals surface area (Å²) in [5, 5.41) is 22.6. The third-order valence-electron chi connectivity index (χ3n) is 3.54. The number of hydrogen-bond donors (Lipinski definition) is 1. The molecule has 0 atom stereocenters. The minimum atomic E-state index is -0.585. The van der Waals surface area contributed by atoms with Crippen LogP contribution >= 0.6 is 0 Å². The van der Waals surface area contributed by atoms with Crippen LogP contribution in [0.25, 0.3) is 6.08 Å². The van der Waals surface area contributed by atoms with Gasteiger partial charge in [-0.15, -0.1) is 0 Å². The summed E-state index contributed by atoms with van der Waals surface area (Å²) in [6.07, 6.45) is 1.46. The number of hydrogen-bond acceptors (Lipinski definition) is 5. The zero-order valence-electron chi connectivity index (χ0n) is 14.4. The number of carbonyl (C=O) groups excluding carboxylic acids is 1. The molecule has 1 N–H and O–H groups in total. The maximum absolute atomic E-state index is 12.3. The van der Waals surface area contributed by atoms with Crippen molar-refractivity contribution >= 4 is 23.4 Å². The van der Waals surface area contributed by atoms with Gasteiger partial charge in [0.25, 0.3) is 11.6 Å². The number of nitrogens with one attached hydrogen (secondary N) is 1. The number of anilines is 1. The summed E-state index contributed by atoms with van der Waals surface area (Å²) in [5.74, 6) is 0.118. The highest BCUT2D eigenvalue weighted by atomic mass is 16.6. The molecule has 1 amide bonds. The molecule has 0 radical (unpaired) electrons. The van der Waals surface area contributed by atoms with Crippen LogP contribution in [0.3, 0.4) is 0 Å². The highest BCUT2D eigenvalue weighted by molar-refractivity contribution is 6.10. The Balaban J connectivity index is 2.18. The molecule has 0 fully saturated rings. The Labute approximate surface area is 150 Å². The Morgan fingerprint density at radius 3 is 2.54 bits per heavy atom. The fourth-order valence-corrected chi connectivity index (χ4v) is 2.23. The Kier molecular flexibility index (Phi) is 6.06. The summed E-state index contributed by atoms with van der Waals surface area (Å²) in [7, 11) is 0. The number of benzene rings is 2. The van der Waals surface area contributed by atoms with Crippen molar-refractivity contribution in [2.75, 3.05) is 11.9 Å². The van der Waals surface area contributed by atoms with E-state index in [9.17, 15) is 20.2 Å². The molecule has 0 bridgehead atoms. The molecule has 0 unspecified atom stereocenters. The highest BCUT2D eigenvalue weighted by Gasteiger charge is 2.13. The molecule has 132 valence electrons. The maximum Gasteiger partial charge on any atom is 0.269 e. The molecule has 0 heterocycles. The van der Waals surface area contributed by atoms with Crippen molar-refractivity contribution in [1.82, 2.24) is 0 Å². The predicted molar refractivity (Wildman–Crippen MR) is 97.7 cm³/mol. The predicted octanol–water partition coefficient (Wildman–Crippen LogP) is 3.85. The van der Waals surface area contributed by atoms with E-state index in [1.54, 1.807) is 31.2 Å². The zero-order chi connectivity index (χ0) is 19.1. The first kappa shape index (κ1) is 18.7. The highest BCUT2D eigenvalue weighted by Crippen LogP contribution is 2.22. The number of non-ortho nitro benzene ring substituents is 1. The molecule has 26 heavy (non-hydrogen) atoms. The van der Waals surface area contributed by atoms with Crippen molar-refractivity contribution in [3.05, 3.63) is 69.3 Å². The van der Waals surface area contributed by atoms with Gasteiger partial charge < -0.3 is 10.1 Å². The van der Waals surface area contributed by atoms with Crippen LogP contribution in [0.4, 0.5) is 11.4 Å². The van der Waals surface area contributed by atoms with Gasteiger partial charge in [-0.1, -0.05) is 12.1 Å². The van der Waals surface area contributed by atoms with Crippen LogP contribution in [0.2, 0.25) is 0 Å². The number of nitrogens with zero attached hydrogens (tertiary/aromatic N) is 2. The molecule has 0 spiro atoms. The van der Waals surface area contributed by atoms with Crippen LogP contribution in [-0.2, 0) is 4.79 Å². The van der Waals surface area contributed by atoms with Crippen molar-refractivity contribution in [3.63, 3.8) is 0 Å². The minimum absolute atomic E-state index is 0.0639. The van der Waals surface area contributed by atoms with E-state index in [0.29, 0.717) is 29.2 Å². The molecule has 2 aromatic rings. The third kappa shape index (κ3) is 4.68. The lowest BCUT2D eigenvalue weighted by Crippen LogP contribution is -2.14. The van der Waals surface area contributed by atoms with Crippen molar-refractivity contribution in [3.8, 4) is 11.8 Å². The second-order valence-electron chi connectivity index (χ2n) is 5.38. The topological polar surface area (TPSA) is 105 Å². The van der Waals surface area contributed by atoms with E-state index in [4.69, 9.17) is 4.74 Å². The van der Waals surface area contributed by atoms with Gasteiger partial charge in [0, 0.05) is 17.8 Å². The summed E-state index contributed by atoms with van der Waals surface area (Å²) < 4.78 is 5.35. The Hall–Kier alpha value is -3.66. The lowest BCUT2D eigenvalue weighted by atomic mass is 10.1. The van der Waals surface area contributed by atoms with E-state index in [1.807, 2.05) is 13.0 Å². The number of rotatable bonds is 6. The molecular formula is C19H17N3O4. The Morgan fingerprint density at radius 2 is 2.00 bits per heavy atom. The van der Waals surface area contributed by atoms with Crippen molar-refractivity contribution < 1.29 is 14.5 Å². The number of nitriles is 1. The summed E-state index contributed by atoms with van der Waals surface area (Å²) in [6.45, 7) is 4.08. The largest absolute Gasteiger partial charge is 0.494 e. The summed E-state index contributed by atoms with van der Waals surface area (Å²) in [4.78, 5) is 22.6. The third-order valence-corrected chi connectivity index (χ3v) is 3.54. The smallest absolute Gasteiger partial charge is 0.269 e. The minimum Gasteiger partial charge on any atom is -0.494 e. The lowest BCUT2D eigenvalue weighted by molar-refractivity contribution is -0.384. The molecule has 2 rings (SSSR count). The first-order chi connectivity index (χ1) is 12.4. The monoisotopic (exact) mass is 351 g/mol. The van der Waals surface area contributed by atoms with E-state index in [-0.39, 0.29) is 11.3 Å². The van der Waals surface area contributed by atoms with Crippen LogP contribution < -0.4 is 10.1 Å². The average molecular weight is 351 g/mol. The molecule has 7 nitrogen and oxygen atoms in total. The van der Waals surface area contributed by atoms with Crippen LogP contribution in [0.15, 0.2) is 48.0 Å². The fourth-order valence-electron chi connectivity index (χ4n) is 2.23. The summed E-state index contributed by atoms with van der Waals surface area (Å²) in [6, 6.07) is 13.0. The standard InChI is InChI=1S/C19H17N3O4/c1-3-26-17-7-4-14(5-8-17)11-15(12-20)19(23)21-18-9-6-16(22(24)25)10-13(18)2/h4-11H,3H2,1-2H3,(H,21,23)/b15-11+. The van der Waals surface area contributed by atoms with Crippen molar-refractivity contribution in [2.24, 2.45) is 0 Å². The molecule has 0 aliphatic carbocycles. The second-order valence-corrected chi connectivity index (χ2v) is 5.38. The first-order valence-electron chi connectivity index (χ1n) is 7.85. The molecular weight excluding hydrogens is 334 g/mol. The number of nitro benzene ring substituents is 1. The Morgan fingerprint density at radius 1 is 1.31 bits per heavy atom. The van der Waals surface area contributed by atoms with Gasteiger partial charge in [-0.3, -0.25) is 14.9 Å². The Bertz CT molecular complexity index is 896. The average Bonchev–Trinajstić information content (AvgIpc) is 2.62. The normalized spacial score (nSPS) is 10.7. The number of amides is 1. The van der Waals surface area contributed by atoms with E-state index < -0.39 is 10.8 Å². The van der Waals surface area contributed by atoms with Gasteiger partial charge in [0.15, 0.2) is 0 Å². The van der Waals surface area contributed by atoms with E-state index in [2.05, 4.69) is 5.32 Å². The van der Waals surface area contributed by atoms with Crippen LogP contribution in [0.5, 0.6) is 5.75 Å². The fraction of sp³-hybridized carbons (Fsp3) is 0.158. The van der Waals surface area contributed by atoms with Gasteiger partial charge >= 0.3 is 0 Å². The first-order valence-corrected chi connectivity index (χ1v) is 7.85. The molecule has 0 aromatic heterocycles. The van der Waals surface area contributed by atoms with Gasteiger partial charge in [-0.05, 0) is 49.2 Å². The molecule has 0 saturated carbocycles. The number of carbonyl (C=O) groups is 1. The molecule has 7 heteroatoms. The molecule has 0 aliphatic heterocycles. The van der Waals surface area contributed by atoms with Crippen LogP contribution in [-0.4, -0.2) is 17.4 Å². The maximum atomic E-state index is 12.3. The second kappa shape index (κ2) is 8.44. The van der Waals surface area contributed by atoms with E-state index in [0.717, 1.165) is 0 Å². The molecule has 0 saturated heterocycles. The lowest BCUT2D eigenvalue weighted by Gasteiger charge is -2.08. The van der Waals surface area contributed by atoms with E-state index in [1.165, 1.54) is 24.3 Å². The van der Waals surface area contributed by atoms with Crippen LogP contribution in [0.1, 0.15) is 18.1 Å².